The number of carbonyl (C=O) groups excluding carboxylic acids is 4. The van der Waals surface area contributed by atoms with Crippen LogP contribution >= 0.6 is 15.9 Å². The Morgan fingerprint density at radius 3 is 2.35 bits per heavy atom. The van der Waals surface area contributed by atoms with E-state index in [1.807, 2.05) is 0 Å². The van der Waals surface area contributed by atoms with Crippen molar-refractivity contribution in [3.05, 3.63) is 34.3 Å². The molecule has 140 valence electrons. The summed E-state index contributed by atoms with van der Waals surface area (Å²) in [6, 6.07) is 6.66. The van der Waals surface area contributed by atoms with Crippen molar-refractivity contribution in [1.82, 2.24) is 10.2 Å². The summed E-state index contributed by atoms with van der Waals surface area (Å²) in [7, 11) is 0. The normalized spacial score (nSPS) is 14.6. The molecule has 1 aliphatic rings. The molecule has 1 aromatic rings. The second kappa shape index (κ2) is 9.33. The van der Waals surface area contributed by atoms with Gasteiger partial charge in [-0.3, -0.25) is 19.2 Å². The van der Waals surface area contributed by atoms with E-state index in [0.29, 0.717) is 31.5 Å². The molecule has 2 rings (SSSR count). The van der Waals surface area contributed by atoms with Gasteiger partial charge in [0.2, 0.25) is 5.91 Å². The summed E-state index contributed by atoms with van der Waals surface area (Å²) in [6.07, 6.45) is 1.02. The minimum Gasteiger partial charge on any atom is -0.454 e. The van der Waals surface area contributed by atoms with Gasteiger partial charge in [0.1, 0.15) is 6.54 Å². The Balaban J connectivity index is 1.68. The van der Waals surface area contributed by atoms with E-state index in [1.54, 1.807) is 24.3 Å². The molecule has 0 aliphatic carbocycles. The molecule has 0 atom stereocenters. The van der Waals surface area contributed by atoms with Crippen molar-refractivity contribution in [1.29, 1.82) is 0 Å². The van der Waals surface area contributed by atoms with Crippen molar-refractivity contribution in [2.24, 2.45) is 11.7 Å². The lowest BCUT2D eigenvalue weighted by atomic mass is 9.96. The van der Waals surface area contributed by atoms with Crippen LogP contribution in [0.3, 0.4) is 0 Å². The molecule has 0 aromatic heterocycles. The van der Waals surface area contributed by atoms with E-state index in [0.717, 1.165) is 4.47 Å². The van der Waals surface area contributed by atoms with Gasteiger partial charge >= 0.3 is 5.97 Å². The Bertz CT molecular complexity index is 684. The fraction of sp³-hybridized carbons (Fsp3) is 0.412. The van der Waals surface area contributed by atoms with E-state index < -0.39 is 18.5 Å². The van der Waals surface area contributed by atoms with Crippen LogP contribution in [0.15, 0.2) is 28.7 Å². The molecule has 0 spiro atoms. The molecule has 3 N–H and O–H groups in total. The Morgan fingerprint density at radius 2 is 1.77 bits per heavy atom. The molecule has 1 aromatic carbocycles. The number of hydrogen-bond donors (Lipinski definition) is 2. The number of hydrogen-bond acceptors (Lipinski definition) is 5. The molecule has 1 heterocycles. The maximum Gasteiger partial charge on any atom is 0.325 e. The predicted octanol–water partition coefficient (Wildman–Crippen LogP) is 0.446. The first-order valence-electron chi connectivity index (χ1n) is 8.13. The van der Waals surface area contributed by atoms with E-state index in [-0.39, 0.29) is 24.3 Å². The Morgan fingerprint density at radius 1 is 1.15 bits per heavy atom. The number of esters is 1. The van der Waals surface area contributed by atoms with E-state index in [2.05, 4.69) is 21.2 Å². The molecular formula is C17H20BrN3O5. The smallest absolute Gasteiger partial charge is 0.325 e. The Kier molecular flexibility index (Phi) is 7.14. The summed E-state index contributed by atoms with van der Waals surface area (Å²) in [6.45, 7) is 0.0920. The number of halogens is 1. The first kappa shape index (κ1) is 19.9. The first-order chi connectivity index (χ1) is 12.4. The van der Waals surface area contributed by atoms with Gasteiger partial charge < -0.3 is 20.7 Å². The SMILES string of the molecule is NC(=O)C1CCN(C(=O)COC(=O)CNC(=O)c2ccc(Br)cc2)CC1. The fourth-order valence-electron chi connectivity index (χ4n) is 2.55. The third kappa shape index (κ3) is 5.83. The second-order valence-electron chi connectivity index (χ2n) is 5.91. The van der Waals surface area contributed by atoms with Crippen molar-refractivity contribution in [2.75, 3.05) is 26.2 Å². The van der Waals surface area contributed by atoms with Gasteiger partial charge in [-0.2, -0.15) is 0 Å². The van der Waals surface area contributed by atoms with Crippen LogP contribution in [0.2, 0.25) is 0 Å². The summed E-state index contributed by atoms with van der Waals surface area (Å²) in [5.74, 6) is -2.01. The Hall–Kier alpha value is -2.42. The standard InChI is InChI=1S/C17H20BrN3O5/c18-13-3-1-12(2-4-13)17(25)20-9-15(23)26-10-14(22)21-7-5-11(6-8-21)16(19)24/h1-4,11H,5-10H2,(H2,19,24)(H,20,25). The van der Waals surface area contributed by atoms with Crippen molar-refractivity contribution in [3.63, 3.8) is 0 Å². The number of amides is 3. The van der Waals surface area contributed by atoms with Crippen LogP contribution in [0.4, 0.5) is 0 Å². The van der Waals surface area contributed by atoms with Crippen LogP contribution in [0.25, 0.3) is 0 Å². The molecule has 9 heteroatoms. The van der Waals surface area contributed by atoms with Gasteiger partial charge in [0.25, 0.3) is 11.8 Å². The van der Waals surface area contributed by atoms with Gasteiger partial charge in [-0.1, -0.05) is 15.9 Å². The van der Waals surface area contributed by atoms with Gasteiger partial charge in [0.15, 0.2) is 6.61 Å². The molecule has 1 aliphatic heterocycles. The van der Waals surface area contributed by atoms with Crippen LogP contribution in [-0.2, 0) is 19.1 Å². The summed E-state index contributed by atoms with van der Waals surface area (Å²) < 4.78 is 5.73. The molecule has 0 radical (unpaired) electrons. The number of nitrogens with two attached hydrogens (primary N) is 1. The Labute approximate surface area is 159 Å². The number of carbonyl (C=O) groups is 4. The van der Waals surface area contributed by atoms with Crippen LogP contribution in [0.5, 0.6) is 0 Å². The number of nitrogens with zero attached hydrogens (tertiary/aromatic N) is 1. The van der Waals surface area contributed by atoms with Gasteiger partial charge in [0.05, 0.1) is 0 Å². The zero-order chi connectivity index (χ0) is 19.1. The second-order valence-corrected chi connectivity index (χ2v) is 6.82. The maximum absolute atomic E-state index is 12.0. The van der Waals surface area contributed by atoms with Crippen molar-refractivity contribution >= 4 is 39.6 Å². The summed E-state index contributed by atoms with van der Waals surface area (Å²) >= 11 is 3.27. The van der Waals surface area contributed by atoms with Crippen LogP contribution in [0, 0.1) is 5.92 Å². The number of nitrogens with one attached hydrogen (secondary N) is 1. The molecule has 0 unspecified atom stereocenters. The average Bonchev–Trinajstić information content (AvgIpc) is 2.64. The largest absolute Gasteiger partial charge is 0.454 e. The number of piperidine rings is 1. The number of rotatable bonds is 6. The summed E-state index contributed by atoms with van der Waals surface area (Å²) in [5.41, 5.74) is 5.66. The van der Waals surface area contributed by atoms with Gasteiger partial charge in [-0.15, -0.1) is 0 Å². The van der Waals surface area contributed by atoms with Crippen LogP contribution in [0.1, 0.15) is 23.2 Å². The topological polar surface area (TPSA) is 119 Å². The number of ether oxygens (including phenoxy) is 1. The van der Waals surface area contributed by atoms with Gasteiger partial charge in [0, 0.05) is 29.0 Å². The zero-order valence-electron chi connectivity index (χ0n) is 14.1. The van der Waals surface area contributed by atoms with Crippen molar-refractivity contribution in [2.45, 2.75) is 12.8 Å². The first-order valence-corrected chi connectivity index (χ1v) is 8.92. The number of likely N-dealkylation sites (tertiary alicyclic amines) is 1. The van der Waals surface area contributed by atoms with E-state index in [1.165, 1.54) is 4.90 Å². The lowest BCUT2D eigenvalue weighted by Gasteiger charge is -2.30. The number of primary amides is 1. The van der Waals surface area contributed by atoms with E-state index >= 15 is 0 Å². The lowest BCUT2D eigenvalue weighted by Crippen LogP contribution is -2.43. The minimum atomic E-state index is -0.698. The number of benzene rings is 1. The molecular weight excluding hydrogens is 406 g/mol. The molecule has 1 saturated heterocycles. The van der Waals surface area contributed by atoms with Gasteiger partial charge in [-0.25, -0.2) is 0 Å². The minimum absolute atomic E-state index is 0.213. The van der Waals surface area contributed by atoms with Crippen LogP contribution < -0.4 is 11.1 Å². The highest BCUT2D eigenvalue weighted by Gasteiger charge is 2.26. The highest BCUT2D eigenvalue weighted by Crippen LogP contribution is 2.16. The summed E-state index contributed by atoms with van der Waals surface area (Å²) in [5, 5.41) is 2.43. The molecule has 0 saturated carbocycles. The molecule has 8 nitrogen and oxygen atoms in total. The highest BCUT2D eigenvalue weighted by molar-refractivity contribution is 9.10. The third-order valence-corrected chi connectivity index (χ3v) is 4.64. The summed E-state index contributed by atoms with van der Waals surface area (Å²) in [4.78, 5) is 48.2. The lowest BCUT2D eigenvalue weighted by molar-refractivity contribution is -0.151. The van der Waals surface area contributed by atoms with E-state index in [4.69, 9.17) is 10.5 Å². The molecule has 0 bridgehead atoms. The van der Waals surface area contributed by atoms with E-state index in [9.17, 15) is 19.2 Å². The highest BCUT2D eigenvalue weighted by atomic mass is 79.9. The third-order valence-electron chi connectivity index (χ3n) is 4.11. The van der Waals surface area contributed by atoms with Gasteiger partial charge in [-0.05, 0) is 37.1 Å². The maximum atomic E-state index is 12.0. The quantitative estimate of drug-likeness (QED) is 0.641. The molecule has 1 fully saturated rings. The average molecular weight is 426 g/mol. The molecule has 3 amide bonds. The van der Waals surface area contributed by atoms with Crippen molar-refractivity contribution < 1.29 is 23.9 Å². The molecule has 26 heavy (non-hydrogen) atoms. The fourth-order valence-corrected chi connectivity index (χ4v) is 2.82. The monoisotopic (exact) mass is 425 g/mol. The van der Waals surface area contributed by atoms with Crippen molar-refractivity contribution in [3.8, 4) is 0 Å². The zero-order valence-corrected chi connectivity index (χ0v) is 15.7. The predicted molar refractivity (Wildman–Crippen MR) is 95.9 cm³/mol. The van der Waals surface area contributed by atoms with Crippen LogP contribution in [-0.4, -0.2) is 54.8 Å².